The topological polar surface area (TPSA) is 18.5 Å². The van der Waals surface area contributed by atoms with E-state index in [1.54, 1.807) is 0 Å². The first-order valence-electron chi connectivity index (χ1n) is 8.57. The maximum absolute atomic E-state index is 3.48. The highest BCUT2D eigenvalue weighted by molar-refractivity contribution is 4.87. The molecular weight excluding hydrogens is 234 g/mol. The van der Waals surface area contributed by atoms with Gasteiger partial charge in [0.05, 0.1) is 0 Å². The van der Waals surface area contributed by atoms with Gasteiger partial charge in [0.25, 0.3) is 0 Å². The van der Waals surface area contributed by atoms with Crippen molar-refractivity contribution in [2.24, 2.45) is 0 Å². The zero-order valence-electron chi connectivity index (χ0n) is 12.9. The molecular formula is C16H33N3. The fourth-order valence-corrected chi connectivity index (χ4v) is 3.03. The van der Waals surface area contributed by atoms with E-state index in [-0.39, 0.29) is 0 Å². The van der Waals surface area contributed by atoms with Crippen molar-refractivity contribution in [2.45, 2.75) is 57.9 Å². The van der Waals surface area contributed by atoms with Crippen LogP contribution in [0.4, 0.5) is 0 Å². The number of rotatable bonds is 10. The molecule has 2 fully saturated rings. The Morgan fingerprint density at radius 3 is 2.32 bits per heavy atom. The quantitative estimate of drug-likeness (QED) is 0.613. The number of nitrogens with one attached hydrogen (secondary N) is 1. The van der Waals surface area contributed by atoms with Gasteiger partial charge >= 0.3 is 0 Å². The number of unbranched alkanes of at least 4 members (excludes halogenated alkanes) is 3. The lowest BCUT2D eigenvalue weighted by Gasteiger charge is -2.34. The van der Waals surface area contributed by atoms with Gasteiger partial charge in [-0.2, -0.15) is 0 Å². The van der Waals surface area contributed by atoms with Gasteiger partial charge in [0.2, 0.25) is 0 Å². The fraction of sp³-hybridized carbons (Fsp3) is 1.00. The second-order valence-corrected chi connectivity index (χ2v) is 6.27. The molecule has 0 unspecified atom stereocenters. The van der Waals surface area contributed by atoms with E-state index in [1.807, 2.05) is 0 Å². The Morgan fingerprint density at radius 1 is 0.895 bits per heavy atom. The van der Waals surface area contributed by atoms with Gasteiger partial charge < -0.3 is 10.2 Å². The predicted octanol–water partition coefficient (Wildman–Crippen LogP) is 2.33. The van der Waals surface area contributed by atoms with Crippen LogP contribution in [0.2, 0.25) is 0 Å². The lowest BCUT2D eigenvalue weighted by Crippen LogP contribution is -2.47. The van der Waals surface area contributed by atoms with Crippen molar-refractivity contribution in [3.63, 3.8) is 0 Å². The van der Waals surface area contributed by atoms with Gasteiger partial charge in [-0.15, -0.1) is 0 Å². The smallest absolute Gasteiger partial charge is 0.0113 e. The Kier molecular flexibility index (Phi) is 7.18. The van der Waals surface area contributed by atoms with Crippen LogP contribution in [0.3, 0.4) is 0 Å². The Balaban J connectivity index is 1.37. The molecule has 1 aliphatic carbocycles. The van der Waals surface area contributed by atoms with Crippen molar-refractivity contribution in [1.82, 2.24) is 15.1 Å². The zero-order valence-corrected chi connectivity index (χ0v) is 12.9. The monoisotopic (exact) mass is 267 g/mol. The third kappa shape index (κ3) is 6.24. The average molecular weight is 267 g/mol. The Hall–Kier alpha value is -0.120. The summed E-state index contributed by atoms with van der Waals surface area (Å²) in [6.07, 6.45) is 9.76. The van der Waals surface area contributed by atoms with Crippen LogP contribution in [0.25, 0.3) is 0 Å². The first-order valence-corrected chi connectivity index (χ1v) is 8.57. The number of hydrogen-bond acceptors (Lipinski definition) is 3. The minimum absolute atomic E-state index is 0.970. The van der Waals surface area contributed by atoms with Crippen LogP contribution in [-0.2, 0) is 0 Å². The van der Waals surface area contributed by atoms with E-state index in [0.717, 1.165) is 6.04 Å². The first-order chi connectivity index (χ1) is 9.40. The number of hydrogen-bond donors (Lipinski definition) is 1. The van der Waals surface area contributed by atoms with Crippen molar-refractivity contribution in [2.75, 3.05) is 45.8 Å². The van der Waals surface area contributed by atoms with E-state index in [1.165, 1.54) is 90.8 Å². The van der Waals surface area contributed by atoms with Crippen LogP contribution in [0.15, 0.2) is 0 Å². The molecule has 0 spiro atoms. The standard InChI is InChI=1S/C16H33N3/c1-2-9-17-10-5-3-4-6-11-18-12-14-19(15-13-18)16-7-8-16/h16-17H,2-15H2,1H3. The molecule has 0 bridgehead atoms. The first kappa shape index (κ1) is 15.3. The summed E-state index contributed by atoms with van der Waals surface area (Å²) in [6, 6.07) is 0.970. The van der Waals surface area contributed by atoms with Crippen LogP contribution < -0.4 is 5.32 Å². The largest absolute Gasteiger partial charge is 0.317 e. The van der Waals surface area contributed by atoms with E-state index in [9.17, 15) is 0 Å². The Bertz CT molecular complexity index is 220. The highest BCUT2D eigenvalue weighted by atomic mass is 15.3. The molecule has 0 aromatic heterocycles. The third-order valence-electron chi connectivity index (χ3n) is 4.47. The van der Waals surface area contributed by atoms with Crippen molar-refractivity contribution in [3.05, 3.63) is 0 Å². The van der Waals surface area contributed by atoms with Gasteiger partial charge in [-0.05, 0) is 51.7 Å². The van der Waals surface area contributed by atoms with Gasteiger partial charge in [-0.1, -0.05) is 19.8 Å². The molecule has 0 aromatic rings. The molecule has 1 aliphatic heterocycles. The Labute approximate surface area is 119 Å². The minimum atomic E-state index is 0.970. The highest BCUT2D eigenvalue weighted by Crippen LogP contribution is 2.27. The van der Waals surface area contributed by atoms with Crippen molar-refractivity contribution in [1.29, 1.82) is 0 Å². The summed E-state index contributed by atoms with van der Waals surface area (Å²) in [4.78, 5) is 5.38. The third-order valence-corrected chi connectivity index (χ3v) is 4.47. The summed E-state index contributed by atoms with van der Waals surface area (Å²) in [5.41, 5.74) is 0. The molecule has 0 amide bonds. The number of nitrogens with zero attached hydrogens (tertiary/aromatic N) is 2. The molecule has 1 saturated carbocycles. The molecule has 0 atom stereocenters. The van der Waals surface area contributed by atoms with E-state index in [0.29, 0.717) is 0 Å². The summed E-state index contributed by atoms with van der Waals surface area (Å²) >= 11 is 0. The van der Waals surface area contributed by atoms with Gasteiger partial charge in [0.1, 0.15) is 0 Å². The highest BCUT2D eigenvalue weighted by Gasteiger charge is 2.30. The fourth-order valence-electron chi connectivity index (χ4n) is 3.03. The average Bonchev–Trinajstić information content (AvgIpc) is 3.27. The molecule has 1 saturated heterocycles. The van der Waals surface area contributed by atoms with Gasteiger partial charge in [-0.25, -0.2) is 0 Å². The van der Waals surface area contributed by atoms with Crippen LogP contribution >= 0.6 is 0 Å². The predicted molar refractivity (Wildman–Crippen MR) is 82.7 cm³/mol. The molecule has 1 heterocycles. The maximum atomic E-state index is 3.48. The molecule has 112 valence electrons. The minimum Gasteiger partial charge on any atom is -0.317 e. The molecule has 1 N–H and O–H groups in total. The second kappa shape index (κ2) is 8.93. The molecule has 2 rings (SSSR count). The maximum Gasteiger partial charge on any atom is 0.0113 e. The van der Waals surface area contributed by atoms with Crippen LogP contribution in [0, 0.1) is 0 Å². The van der Waals surface area contributed by atoms with Crippen LogP contribution in [-0.4, -0.2) is 61.7 Å². The van der Waals surface area contributed by atoms with Gasteiger partial charge in [0, 0.05) is 32.2 Å². The normalized spacial score (nSPS) is 21.9. The second-order valence-electron chi connectivity index (χ2n) is 6.27. The van der Waals surface area contributed by atoms with Crippen LogP contribution in [0.1, 0.15) is 51.9 Å². The molecule has 3 nitrogen and oxygen atoms in total. The van der Waals surface area contributed by atoms with Crippen molar-refractivity contribution in [3.8, 4) is 0 Å². The molecule has 2 aliphatic rings. The van der Waals surface area contributed by atoms with E-state index < -0.39 is 0 Å². The molecule has 0 radical (unpaired) electrons. The summed E-state index contributed by atoms with van der Waals surface area (Å²) in [5, 5.41) is 3.48. The zero-order chi connectivity index (χ0) is 13.3. The number of piperazine rings is 1. The van der Waals surface area contributed by atoms with Gasteiger partial charge in [-0.3, -0.25) is 4.90 Å². The summed E-state index contributed by atoms with van der Waals surface area (Å²) in [5.74, 6) is 0. The van der Waals surface area contributed by atoms with E-state index in [2.05, 4.69) is 22.0 Å². The summed E-state index contributed by atoms with van der Waals surface area (Å²) < 4.78 is 0. The SMILES string of the molecule is CCCNCCCCCCN1CCN(C2CC2)CC1. The van der Waals surface area contributed by atoms with Gasteiger partial charge in [0.15, 0.2) is 0 Å². The van der Waals surface area contributed by atoms with Crippen molar-refractivity contribution >= 4 is 0 Å². The van der Waals surface area contributed by atoms with Crippen LogP contribution in [0.5, 0.6) is 0 Å². The van der Waals surface area contributed by atoms with E-state index >= 15 is 0 Å². The summed E-state index contributed by atoms with van der Waals surface area (Å²) in [7, 11) is 0. The molecule has 19 heavy (non-hydrogen) atoms. The lowest BCUT2D eigenvalue weighted by atomic mass is 10.1. The molecule has 3 heteroatoms. The Morgan fingerprint density at radius 2 is 1.63 bits per heavy atom. The summed E-state index contributed by atoms with van der Waals surface area (Å²) in [6.45, 7) is 11.2. The van der Waals surface area contributed by atoms with E-state index in [4.69, 9.17) is 0 Å². The van der Waals surface area contributed by atoms with Crippen molar-refractivity contribution < 1.29 is 0 Å². The molecule has 0 aromatic carbocycles. The lowest BCUT2D eigenvalue weighted by molar-refractivity contribution is 0.125.